The molecular formula is C38H48N4+2. The Hall–Kier alpha value is -3.34. The van der Waals surface area contributed by atoms with Crippen LogP contribution in [-0.4, -0.2) is 37.0 Å². The molecule has 218 valence electrons. The molecule has 0 aliphatic carbocycles. The first-order valence-corrected chi connectivity index (χ1v) is 16.2. The molecule has 4 nitrogen and oxygen atoms in total. The van der Waals surface area contributed by atoms with Gasteiger partial charge in [-0.3, -0.25) is 9.80 Å². The van der Waals surface area contributed by atoms with Gasteiger partial charge in [-0.25, -0.2) is 9.13 Å². The molecule has 2 aromatic heterocycles. The molecule has 6 rings (SSSR count). The Bertz CT molecular complexity index is 1320. The second-order valence-corrected chi connectivity index (χ2v) is 12.6. The van der Waals surface area contributed by atoms with Gasteiger partial charge in [-0.05, 0) is 100 Å². The molecule has 0 N–H and O–H groups in total. The number of hydrogen-bond donors (Lipinski definition) is 0. The lowest BCUT2D eigenvalue weighted by Crippen LogP contribution is -2.34. The Labute approximate surface area is 253 Å². The van der Waals surface area contributed by atoms with Crippen LogP contribution in [0.2, 0.25) is 0 Å². The third-order valence-electron chi connectivity index (χ3n) is 9.58. The Morgan fingerprint density at radius 2 is 1.02 bits per heavy atom. The highest BCUT2D eigenvalue weighted by molar-refractivity contribution is 5.64. The number of likely N-dealkylation sites (tertiary alicyclic amines) is 2. The van der Waals surface area contributed by atoms with E-state index in [-0.39, 0.29) is 0 Å². The minimum absolute atomic E-state index is 0.588. The van der Waals surface area contributed by atoms with E-state index in [0.717, 1.165) is 38.8 Å². The number of rotatable bonds is 11. The number of nitrogens with zero attached hydrogens (tertiary/aromatic N) is 4. The molecule has 0 unspecified atom stereocenters. The van der Waals surface area contributed by atoms with Crippen molar-refractivity contribution < 1.29 is 9.13 Å². The molecule has 0 radical (unpaired) electrons. The van der Waals surface area contributed by atoms with Crippen LogP contribution in [0.15, 0.2) is 97.6 Å². The minimum Gasteiger partial charge on any atom is -0.299 e. The summed E-state index contributed by atoms with van der Waals surface area (Å²) in [6.07, 6.45) is 18.9. The normalized spacial score (nSPS) is 19.5. The highest BCUT2D eigenvalue weighted by Gasteiger charge is 2.25. The third-order valence-corrected chi connectivity index (χ3v) is 9.58. The molecule has 4 heteroatoms. The monoisotopic (exact) mass is 560 g/mol. The van der Waals surface area contributed by atoms with Crippen LogP contribution in [0.5, 0.6) is 0 Å². The van der Waals surface area contributed by atoms with Crippen molar-refractivity contribution >= 4 is 0 Å². The lowest BCUT2D eigenvalue weighted by molar-refractivity contribution is -0.697. The summed E-state index contributed by atoms with van der Waals surface area (Å²) in [4.78, 5) is 4.98. The van der Waals surface area contributed by atoms with Gasteiger partial charge in [0.1, 0.15) is 13.1 Å². The van der Waals surface area contributed by atoms with E-state index in [9.17, 15) is 0 Å². The molecular weight excluding hydrogens is 512 g/mol. The van der Waals surface area contributed by atoms with Gasteiger partial charge in [-0.1, -0.05) is 48.5 Å². The largest absolute Gasteiger partial charge is 0.299 e. The van der Waals surface area contributed by atoms with Crippen LogP contribution >= 0.6 is 0 Å². The maximum absolute atomic E-state index is 2.49. The van der Waals surface area contributed by atoms with E-state index in [1.165, 1.54) is 72.2 Å². The summed E-state index contributed by atoms with van der Waals surface area (Å²) in [5, 5.41) is 0. The van der Waals surface area contributed by atoms with E-state index in [2.05, 4.69) is 131 Å². The van der Waals surface area contributed by atoms with Gasteiger partial charge in [0.2, 0.25) is 0 Å². The van der Waals surface area contributed by atoms with Gasteiger partial charge in [0.25, 0.3) is 0 Å². The molecule has 2 atom stereocenters. The lowest BCUT2D eigenvalue weighted by atomic mass is 10.00. The van der Waals surface area contributed by atoms with Gasteiger partial charge in [-0.15, -0.1) is 0 Å². The van der Waals surface area contributed by atoms with Crippen molar-refractivity contribution in [3.63, 3.8) is 0 Å². The maximum Gasteiger partial charge on any atom is 0.173 e. The second kappa shape index (κ2) is 13.8. The molecule has 4 heterocycles. The molecule has 0 bridgehead atoms. The van der Waals surface area contributed by atoms with E-state index >= 15 is 0 Å². The number of benzene rings is 2. The number of aryl methyl sites for hydroxylation is 4. The molecule has 2 fully saturated rings. The van der Waals surface area contributed by atoms with E-state index in [1.807, 2.05) is 0 Å². The van der Waals surface area contributed by atoms with Crippen LogP contribution in [0.4, 0.5) is 0 Å². The van der Waals surface area contributed by atoms with Crippen molar-refractivity contribution in [3.8, 4) is 11.1 Å². The fraction of sp³-hybridized carbons (Fsp3) is 0.421. The standard InChI is InChI=1S/C38H48N4/c1-39-23-7-13-37(39)35-11-5-27-41(29-35)25-3-9-31-15-19-33(20-16-31)34-21-17-32(18-22-34)10-4-26-42-28-6-12-36(30-42)38-14-8-24-40(38)2/h5-6,11-12,15-22,27-30,37-38H,3-4,7-10,13-14,23-26H2,1-2H3/q+2/t37-,38+. The Balaban J connectivity index is 0.961. The molecule has 2 aliphatic rings. The summed E-state index contributed by atoms with van der Waals surface area (Å²) in [7, 11) is 4.51. The predicted molar refractivity (Wildman–Crippen MR) is 171 cm³/mol. The van der Waals surface area contributed by atoms with Crippen molar-refractivity contribution in [1.29, 1.82) is 0 Å². The lowest BCUT2D eigenvalue weighted by Gasteiger charge is -2.18. The first kappa shape index (κ1) is 28.8. The molecule has 4 aromatic rings. The number of hydrogen-bond acceptors (Lipinski definition) is 2. The minimum atomic E-state index is 0.588. The average molecular weight is 561 g/mol. The maximum atomic E-state index is 2.49. The molecule has 0 spiro atoms. The number of aromatic nitrogens is 2. The predicted octanol–water partition coefficient (Wildman–Crippen LogP) is 6.73. The molecule has 2 saturated heterocycles. The first-order chi connectivity index (χ1) is 20.6. The van der Waals surface area contributed by atoms with Gasteiger partial charge in [-0.2, -0.15) is 0 Å². The van der Waals surface area contributed by atoms with Crippen LogP contribution in [0, 0.1) is 0 Å². The summed E-state index contributed by atoms with van der Waals surface area (Å²) in [6, 6.07) is 28.6. The van der Waals surface area contributed by atoms with Gasteiger partial charge in [0.05, 0.1) is 0 Å². The van der Waals surface area contributed by atoms with Crippen LogP contribution in [-0.2, 0) is 25.9 Å². The quantitative estimate of drug-likeness (QED) is 0.189. The van der Waals surface area contributed by atoms with Crippen molar-refractivity contribution in [3.05, 3.63) is 120 Å². The third kappa shape index (κ3) is 7.17. The van der Waals surface area contributed by atoms with Crippen molar-refractivity contribution in [1.82, 2.24) is 9.80 Å². The van der Waals surface area contributed by atoms with Crippen molar-refractivity contribution in [2.45, 2.75) is 76.5 Å². The van der Waals surface area contributed by atoms with Crippen LogP contribution in [0.25, 0.3) is 11.1 Å². The highest BCUT2D eigenvalue weighted by Crippen LogP contribution is 2.30. The van der Waals surface area contributed by atoms with Gasteiger partial charge >= 0.3 is 0 Å². The molecule has 2 aliphatic heterocycles. The Morgan fingerprint density at radius 1 is 0.595 bits per heavy atom. The highest BCUT2D eigenvalue weighted by atomic mass is 15.2. The van der Waals surface area contributed by atoms with Gasteiger partial charge < -0.3 is 0 Å². The first-order valence-electron chi connectivity index (χ1n) is 16.2. The Kier molecular flexibility index (Phi) is 9.42. The molecule has 0 saturated carbocycles. The smallest absolute Gasteiger partial charge is 0.173 e. The molecule has 42 heavy (non-hydrogen) atoms. The van der Waals surface area contributed by atoms with Gasteiger partial charge in [0, 0.05) is 48.2 Å². The van der Waals surface area contributed by atoms with E-state index in [1.54, 1.807) is 0 Å². The zero-order valence-corrected chi connectivity index (χ0v) is 25.7. The average Bonchev–Trinajstić information content (AvgIpc) is 3.66. The fourth-order valence-electron chi connectivity index (χ4n) is 7.08. The summed E-state index contributed by atoms with van der Waals surface area (Å²) in [5.74, 6) is 0. The van der Waals surface area contributed by atoms with E-state index in [4.69, 9.17) is 0 Å². The van der Waals surface area contributed by atoms with E-state index in [0.29, 0.717) is 12.1 Å². The van der Waals surface area contributed by atoms with E-state index < -0.39 is 0 Å². The Morgan fingerprint density at radius 3 is 1.40 bits per heavy atom. The fourth-order valence-corrected chi connectivity index (χ4v) is 7.08. The second-order valence-electron chi connectivity index (χ2n) is 12.6. The summed E-state index contributed by atoms with van der Waals surface area (Å²) >= 11 is 0. The van der Waals surface area contributed by atoms with Crippen LogP contribution < -0.4 is 9.13 Å². The van der Waals surface area contributed by atoms with Crippen molar-refractivity contribution in [2.75, 3.05) is 27.2 Å². The topological polar surface area (TPSA) is 14.2 Å². The van der Waals surface area contributed by atoms with Crippen LogP contribution in [0.1, 0.15) is 72.9 Å². The zero-order chi connectivity index (χ0) is 28.7. The number of pyridine rings is 2. The molecule has 2 aromatic carbocycles. The zero-order valence-electron chi connectivity index (χ0n) is 25.7. The van der Waals surface area contributed by atoms with Gasteiger partial charge in [0.15, 0.2) is 24.8 Å². The molecule has 0 amide bonds. The van der Waals surface area contributed by atoms with Crippen LogP contribution in [0.3, 0.4) is 0 Å². The van der Waals surface area contributed by atoms with Crippen molar-refractivity contribution in [2.24, 2.45) is 0 Å². The SMILES string of the molecule is CN1CCC[C@@H]1c1ccc[n+](CCCc2ccc(-c3ccc(CCC[n+]4cccc([C@@H]5CCCN5C)c4)cc3)cc2)c1. The summed E-state index contributed by atoms with van der Waals surface area (Å²) in [6.45, 7) is 4.56. The summed E-state index contributed by atoms with van der Waals surface area (Å²) < 4.78 is 4.75. The summed E-state index contributed by atoms with van der Waals surface area (Å²) in [5.41, 5.74) is 8.37.